The van der Waals surface area contributed by atoms with Crippen LogP contribution in [0.5, 0.6) is 5.75 Å². The van der Waals surface area contributed by atoms with Crippen molar-refractivity contribution in [1.82, 2.24) is 0 Å². The fourth-order valence-electron chi connectivity index (χ4n) is 3.37. The van der Waals surface area contributed by atoms with Gasteiger partial charge in [-0.2, -0.15) is 5.26 Å². The zero-order valence-corrected chi connectivity index (χ0v) is 13.7. The Bertz CT molecular complexity index is 571. The molecule has 1 aliphatic carbocycles. The standard InChI is InChI=1S/C19H24FNO2/c1-2-3-14-4-6-15(7-5-14)8-11-19(22)23-17-10-9-16(13-21)18(20)12-17/h9-10,12,14-15H,2-8,11H2,1H3. The van der Waals surface area contributed by atoms with E-state index in [2.05, 4.69) is 6.92 Å². The largest absolute Gasteiger partial charge is 0.426 e. The molecule has 0 atom stereocenters. The Hall–Kier alpha value is -1.89. The van der Waals surface area contributed by atoms with Crippen molar-refractivity contribution in [3.63, 3.8) is 0 Å². The van der Waals surface area contributed by atoms with Crippen LogP contribution in [0.2, 0.25) is 0 Å². The second-order valence-electron chi connectivity index (χ2n) is 6.44. The summed E-state index contributed by atoms with van der Waals surface area (Å²) in [7, 11) is 0. The highest BCUT2D eigenvalue weighted by molar-refractivity contribution is 5.72. The predicted octanol–water partition coefficient (Wildman–Crippen LogP) is 4.99. The van der Waals surface area contributed by atoms with Gasteiger partial charge in [-0.1, -0.05) is 45.4 Å². The summed E-state index contributed by atoms with van der Waals surface area (Å²) < 4.78 is 18.6. The molecule has 0 radical (unpaired) electrons. The molecule has 0 N–H and O–H groups in total. The summed E-state index contributed by atoms with van der Waals surface area (Å²) >= 11 is 0. The van der Waals surface area contributed by atoms with Crippen molar-refractivity contribution in [3.05, 3.63) is 29.6 Å². The average molecular weight is 317 g/mol. The molecule has 0 heterocycles. The topological polar surface area (TPSA) is 50.1 Å². The fraction of sp³-hybridized carbons (Fsp3) is 0.579. The van der Waals surface area contributed by atoms with E-state index in [1.54, 1.807) is 6.07 Å². The fourth-order valence-corrected chi connectivity index (χ4v) is 3.37. The second kappa shape index (κ2) is 8.67. The Kier molecular flexibility index (Phi) is 6.58. The number of rotatable bonds is 6. The van der Waals surface area contributed by atoms with E-state index in [0.717, 1.165) is 18.4 Å². The van der Waals surface area contributed by atoms with Crippen LogP contribution in [0.15, 0.2) is 18.2 Å². The van der Waals surface area contributed by atoms with Gasteiger partial charge in [0.05, 0.1) is 5.56 Å². The van der Waals surface area contributed by atoms with Gasteiger partial charge in [-0.3, -0.25) is 4.79 Å². The molecule has 124 valence electrons. The Balaban J connectivity index is 1.73. The summed E-state index contributed by atoms with van der Waals surface area (Å²) in [5, 5.41) is 8.67. The number of ether oxygens (including phenoxy) is 1. The van der Waals surface area contributed by atoms with Crippen LogP contribution >= 0.6 is 0 Å². The summed E-state index contributed by atoms with van der Waals surface area (Å²) in [6.07, 6.45) is 8.72. The number of benzene rings is 1. The van der Waals surface area contributed by atoms with Crippen molar-refractivity contribution in [1.29, 1.82) is 5.26 Å². The van der Waals surface area contributed by atoms with E-state index in [1.807, 2.05) is 0 Å². The lowest BCUT2D eigenvalue weighted by Gasteiger charge is -2.28. The maximum absolute atomic E-state index is 13.5. The van der Waals surface area contributed by atoms with E-state index in [9.17, 15) is 9.18 Å². The maximum Gasteiger partial charge on any atom is 0.311 e. The number of esters is 1. The minimum Gasteiger partial charge on any atom is -0.426 e. The molecule has 0 unspecified atom stereocenters. The lowest BCUT2D eigenvalue weighted by Crippen LogP contribution is -2.17. The van der Waals surface area contributed by atoms with Gasteiger partial charge < -0.3 is 4.74 Å². The monoisotopic (exact) mass is 317 g/mol. The first kappa shape index (κ1) is 17.5. The summed E-state index contributed by atoms with van der Waals surface area (Å²) in [6.45, 7) is 2.23. The first-order valence-corrected chi connectivity index (χ1v) is 8.52. The zero-order chi connectivity index (χ0) is 16.7. The maximum atomic E-state index is 13.5. The zero-order valence-electron chi connectivity index (χ0n) is 13.7. The van der Waals surface area contributed by atoms with Gasteiger partial charge in [0.2, 0.25) is 0 Å². The van der Waals surface area contributed by atoms with Crippen molar-refractivity contribution in [3.8, 4) is 11.8 Å². The van der Waals surface area contributed by atoms with E-state index in [1.165, 1.54) is 50.7 Å². The van der Waals surface area contributed by atoms with E-state index < -0.39 is 5.82 Å². The summed E-state index contributed by atoms with van der Waals surface area (Å²) in [5.74, 6) is 0.646. The van der Waals surface area contributed by atoms with E-state index in [0.29, 0.717) is 12.3 Å². The molecule has 1 aromatic rings. The Labute approximate surface area is 137 Å². The van der Waals surface area contributed by atoms with Gasteiger partial charge in [0, 0.05) is 12.5 Å². The molecule has 3 nitrogen and oxygen atoms in total. The first-order chi connectivity index (χ1) is 11.1. The van der Waals surface area contributed by atoms with Crippen molar-refractivity contribution in [2.45, 2.75) is 58.3 Å². The molecular formula is C19H24FNO2. The van der Waals surface area contributed by atoms with Crippen LogP contribution in [-0.4, -0.2) is 5.97 Å². The lowest BCUT2D eigenvalue weighted by molar-refractivity contribution is -0.134. The Morgan fingerprint density at radius 1 is 1.26 bits per heavy atom. The number of carbonyl (C=O) groups excluding carboxylic acids is 1. The van der Waals surface area contributed by atoms with Crippen molar-refractivity contribution in [2.24, 2.45) is 11.8 Å². The van der Waals surface area contributed by atoms with Crippen LogP contribution in [-0.2, 0) is 4.79 Å². The number of carbonyl (C=O) groups is 1. The van der Waals surface area contributed by atoms with Gasteiger partial charge in [-0.05, 0) is 30.4 Å². The molecule has 2 rings (SSSR count). The highest BCUT2D eigenvalue weighted by atomic mass is 19.1. The number of nitriles is 1. The van der Waals surface area contributed by atoms with E-state index >= 15 is 0 Å². The summed E-state index contributed by atoms with van der Waals surface area (Å²) in [5.41, 5.74) is -0.0476. The summed E-state index contributed by atoms with van der Waals surface area (Å²) in [4.78, 5) is 11.9. The minimum atomic E-state index is -0.660. The molecule has 0 aromatic heterocycles. The second-order valence-corrected chi connectivity index (χ2v) is 6.44. The molecule has 4 heteroatoms. The third kappa shape index (κ3) is 5.35. The molecule has 0 amide bonds. The van der Waals surface area contributed by atoms with Crippen LogP contribution < -0.4 is 4.74 Å². The normalized spacial score (nSPS) is 20.7. The minimum absolute atomic E-state index is 0.0476. The first-order valence-electron chi connectivity index (χ1n) is 8.52. The van der Waals surface area contributed by atoms with Gasteiger partial charge in [-0.15, -0.1) is 0 Å². The number of halogens is 1. The van der Waals surface area contributed by atoms with Crippen molar-refractivity contribution in [2.75, 3.05) is 0 Å². The Morgan fingerprint density at radius 2 is 1.91 bits per heavy atom. The van der Waals surface area contributed by atoms with Crippen LogP contribution in [0.3, 0.4) is 0 Å². The highest BCUT2D eigenvalue weighted by Gasteiger charge is 2.21. The van der Waals surface area contributed by atoms with Crippen LogP contribution in [0.4, 0.5) is 4.39 Å². The van der Waals surface area contributed by atoms with Crippen molar-refractivity contribution >= 4 is 5.97 Å². The molecule has 1 saturated carbocycles. The third-order valence-electron chi connectivity index (χ3n) is 4.71. The quantitative estimate of drug-likeness (QED) is 0.548. The molecule has 23 heavy (non-hydrogen) atoms. The van der Waals surface area contributed by atoms with Gasteiger partial charge in [-0.25, -0.2) is 4.39 Å². The average Bonchev–Trinajstić information content (AvgIpc) is 2.55. The molecule has 0 bridgehead atoms. The predicted molar refractivity (Wildman–Crippen MR) is 86.3 cm³/mol. The number of hydrogen-bond donors (Lipinski definition) is 0. The van der Waals surface area contributed by atoms with Gasteiger partial charge in [0.1, 0.15) is 17.6 Å². The molecule has 0 aliphatic heterocycles. The molecule has 0 saturated heterocycles. The molecule has 1 fully saturated rings. The van der Waals surface area contributed by atoms with Crippen LogP contribution in [0, 0.1) is 29.0 Å². The number of nitrogens with zero attached hydrogens (tertiary/aromatic N) is 1. The molecule has 1 aliphatic rings. The molecule has 0 spiro atoms. The highest BCUT2D eigenvalue weighted by Crippen LogP contribution is 2.33. The lowest BCUT2D eigenvalue weighted by atomic mass is 9.78. The van der Waals surface area contributed by atoms with Crippen molar-refractivity contribution < 1.29 is 13.9 Å². The van der Waals surface area contributed by atoms with E-state index in [-0.39, 0.29) is 17.3 Å². The van der Waals surface area contributed by atoms with Gasteiger partial charge in [0.15, 0.2) is 0 Å². The van der Waals surface area contributed by atoms with Gasteiger partial charge in [0.25, 0.3) is 0 Å². The van der Waals surface area contributed by atoms with Crippen LogP contribution in [0.1, 0.15) is 63.9 Å². The van der Waals surface area contributed by atoms with E-state index in [4.69, 9.17) is 10.00 Å². The SMILES string of the molecule is CCCC1CCC(CCC(=O)Oc2ccc(C#N)c(F)c2)CC1. The van der Waals surface area contributed by atoms with Gasteiger partial charge >= 0.3 is 5.97 Å². The van der Waals surface area contributed by atoms with Crippen LogP contribution in [0.25, 0.3) is 0 Å². The molecule has 1 aromatic carbocycles. The number of hydrogen-bond acceptors (Lipinski definition) is 3. The third-order valence-corrected chi connectivity index (χ3v) is 4.71. The smallest absolute Gasteiger partial charge is 0.311 e. The molecular weight excluding hydrogens is 293 g/mol. The summed E-state index contributed by atoms with van der Waals surface area (Å²) in [6, 6.07) is 5.61. The Morgan fingerprint density at radius 3 is 2.48 bits per heavy atom.